The van der Waals surface area contributed by atoms with Crippen molar-refractivity contribution in [3.63, 3.8) is 0 Å². The first-order valence-electron chi connectivity index (χ1n) is 8.66. The number of benzene rings is 2. The third-order valence-electron chi connectivity index (χ3n) is 4.31. The number of hydrogen-bond acceptors (Lipinski definition) is 4. The van der Waals surface area contributed by atoms with Crippen LogP contribution in [0.25, 0.3) is 22.3 Å². The van der Waals surface area contributed by atoms with E-state index in [2.05, 4.69) is 70.5 Å². The number of halogens is 1. The number of hydrogen-bond donors (Lipinski definition) is 0. The number of pyridine rings is 1. The van der Waals surface area contributed by atoms with Crippen molar-refractivity contribution < 1.29 is 0 Å². The summed E-state index contributed by atoms with van der Waals surface area (Å²) < 4.78 is 3.04. The highest BCUT2D eigenvalue weighted by molar-refractivity contribution is 9.10. The van der Waals surface area contributed by atoms with E-state index in [4.69, 9.17) is 10.1 Å². The average molecular weight is 439 g/mol. The standard InChI is InChI=1S/C21H19BrN4S/c1-14-6-7-19-16(8-14)10-17(11-23-19)21-24-20(13-27-2)25-26(21)12-15-4-3-5-18(22)9-15/h3-11H,12-13H2,1-2H3. The molecule has 4 aromatic rings. The Morgan fingerprint density at radius 2 is 2.00 bits per heavy atom. The van der Waals surface area contributed by atoms with E-state index in [9.17, 15) is 0 Å². The third-order valence-corrected chi connectivity index (χ3v) is 5.35. The molecule has 2 heterocycles. The van der Waals surface area contributed by atoms with Gasteiger partial charge in [-0.2, -0.15) is 16.9 Å². The number of aromatic nitrogens is 4. The van der Waals surface area contributed by atoms with Gasteiger partial charge in [-0.25, -0.2) is 9.67 Å². The van der Waals surface area contributed by atoms with Crippen LogP contribution in [0.15, 0.2) is 59.2 Å². The van der Waals surface area contributed by atoms with Crippen LogP contribution in [0.3, 0.4) is 0 Å². The molecule has 4 rings (SSSR count). The SMILES string of the molecule is CSCc1nc(-c2cnc3ccc(C)cc3c2)n(Cc2cccc(Br)c2)n1. The van der Waals surface area contributed by atoms with Crippen LogP contribution in [-0.4, -0.2) is 26.0 Å². The molecule has 0 N–H and O–H groups in total. The van der Waals surface area contributed by atoms with Gasteiger partial charge in [0, 0.05) is 21.6 Å². The summed E-state index contributed by atoms with van der Waals surface area (Å²) >= 11 is 5.27. The van der Waals surface area contributed by atoms with Crippen LogP contribution in [0.1, 0.15) is 17.0 Å². The maximum Gasteiger partial charge on any atom is 0.161 e. The molecule has 2 aromatic heterocycles. The van der Waals surface area contributed by atoms with Gasteiger partial charge in [0.2, 0.25) is 0 Å². The molecule has 0 bridgehead atoms. The molecular formula is C21H19BrN4S. The summed E-state index contributed by atoms with van der Waals surface area (Å²) in [5.74, 6) is 2.49. The lowest BCUT2D eigenvalue weighted by Gasteiger charge is -2.08. The van der Waals surface area contributed by atoms with E-state index >= 15 is 0 Å². The molecule has 0 aliphatic rings. The van der Waals surface area contributed by atoms with E-state index in [1.807, 2.05) is 23.0 Å². The zero-order chi connectivity index (χ0) is 18.8. The summed E-state index contributed by atoms with van der Waals surface area (Å²) in [7, 11) is 0. The van der Waals surface area contributed by atoms with Crippen LogP contribution >= 0.6 is 27.7 Å². The smallest absolute Gasteiger partial charge is 0.161 e. The Bertz CT molecular complexity index is 1110. The van der Waals surface area contributed by atoms with E-state index < -0.39 is 0 Å². The first-order chi connectivity index (χ1) is 13.1. The molecule has 0 fully saturated rings. The number of aryl methyl sites for hydroxylation is 1. The zero-order valence-electron chi connectivity index (χ0n) is 15.2. The van der Waals surface area contributed by atoms with Crippen molar-refractivity contribution in [3.05, 3.63) is 76.2 Å². The van der Waals surface area contributed by atoms with E-state index in [1.54, 1.807) is 11.8 Å². The Balaban J connectivity index is 1.78. The number of fused-ring (bicyclic) bond motifs is 1. The molecule has 27 heavy (non-hydrogen) atoms. The van der Waals surface area contributed by atoms with Crippen molar-refractivity contribution in [2.75, 3.05) is 6.26 Å². The van der Waals surface area contributed by atoms with Crippen LogP contribution < -0.4 is 0 Å². The number of nitrogens with zero attached hydrogens (tertiary/aromatic N) is 4. The molecule has 0 atom stereocenters. The van der Waals surface area contributed by atoms with Gasteiger partial charge in [0.1, 0.15) is 0 Å². The van der Waals surface area contributed by atoms with Crippen LogP contribution in [0, 0.1) is 6.92 Å². The molecule has 4 nitrogen and oxygen atoms in total. The molecule has 0 aliphatic heterocycles. The van der Waals surface area contributed by atoms with Gasteiger partial charge in [-0.1, -0.05) is 39.7 Å². The summed E-state index contributed by atoms with van der Waals surface area (Å²) in [6.45, 7) is 2.76. The number of thioether (sulfide) groups is 1. The fourth-order valence-corrected chi connectivity index (χ4v) is 3.91. The van der Waals surface area contributed by atoms with Crippen molar-refractivity contribution in [2.24, 2.45) is 0 Å². The average Bonchev–Trinajstić information content (AvgIpc) is 3.04. The number of rotatable bonds is 5. The first-order valence-corrected chi connectivity index (χ1v) is 10.8. The van der Waals surface area contributed by atoms with Gasteiger partial charge in [0.25, 0.3) is 0 Å². The van der Waals surface area contributed by atoms with Crippen LogP contribution in [-0.2, 0) is 12.3 Å². The fourth-order valence-electron chi connectivity index (χ4n) is 3.08. The molecular weight excluding hydrogens is 420 g/mol. The van der Waals surface area contributed by atoms with Crippen LogP contribution in [0.5, 0.6) is 0 Å². The molecule has 0 saturated carbocycles. The van der Waals surface area contributed by atoms with Crippen molar-refractivity contribution in [3.8, 4) is 11.4 Å². The third kappa shape index (κ3) is 4.06. The maximum atomic E-state index is 4.80. The summed E-state index contributed by atoms with van der Waals surface area (Å²) in [4.78, 5) is 9.42. The Kier molecular flexibility index (Phi) is 5.27. The maximum absolute atomic E-state index is 4.80. The van der Waals surface area contributed by atoms with E-state index in [0.29, 0.717) is 6.54 Å². The van der Waals surface area contributed by atoms with Crippen LogP contribution in [0.2, 0.25) is 0 Å². The second-order valence-corrected chi connectivity index (χ2v) is 8.27. The van der Waals surface area contributed by atoms with Crippen molar-refractivity contribution in [1.82, 2.24) is 19.7 Å². The fraction of sp³-hybridized carbons (Fsp3) is 0.190. The van der Waals surface area contributed by atoms with Gasteiger partial charge in [0.05, 0.1) is 17.8 Å². The minimum atomic E-state index is 0.669. The predicted octanol–water partition coefficient (Wildman–Crippen LogP) is 5.48. The topological polar surface area (TPSA) is 43.6 Å². The monoisotopic (exact) mass is 438 g/mol. The Morgan fingerprint density at radius 1 is 1.11 bits per heavy atom. The largest absolute Gasteiger partial charge is 0.255 e. The lowest BCUT2D eigenvalue weighted by atomic mass is 10.1. The normalized spacial score (nSPS) is 11.2. The lowest BCUT2D eigenvalue weighted by Crippen LogP contribution is -2.04. The second kappa shape index (κ2) is 7.82. The first kappa shape index (κ1) is 18.2. The summed E-state index contributed by atoms with van der Waals surface area (Å²) in [5, 5.41) is 5.86. The zero-order valence-corrected chi connectivity index (χ0v) is 17.6. The molecule has 2 aromatic carbocycles. The molecule has 136 valence electrons. The van der Waals surface area contributed by atoms with Gasteiger partial charge < -0.3 is 0 Å². The van der Waals surface area contributed by atoms with E-state index in [-0.39, 0.29) is 0 Å². The highest BCUT2D eigenvalue weighted by Crippen LogP contribution is 2.24. The van der Waals surface area contributed by atoms with Gasteiger partial charge in [-0.05, 0) is 49.1 Å². The molecule has 0 saturated heterocycles. The Labute approximate surface area is 171 Å². The van der Waals surface area contributed by atoms with Gasteiger partial charge >= 0.3 is 0 Å². The Morgan fingerprint density at radius 3 is 2.81 bits per heavy atom. The highest BCUT2D eigenvalue weighted by atomic mass is 79.9. The van der Waals surface area contributed by atoms with E-state index in [0.717, 1.165) is 38.3 Å². The molecule has 0 aliphatic carbocycles. The van der Waals surface area contributed by atoms with E-state index in [1.165, 1.54) is 11.1 Å². The lowest BCUT2D eigenvalue weighted by molar-refractivity contribution is 0.685. The van der Waals surface area contributed by atoms with Gasteiger partial charge in [-0.15, -0.1) is 0 Å². The van der Waals surface area contributed by atoms with Gasteiger partial charge in [-0.3, -0.25) is 4.98 Å². The molecule has 0 unspecified atom stereocenters. The van der Waals surface area contributed by atoms with Crippen molar-refractivity contribution in [2.45, 2.75) is 19.2 Å². The quantitative estimate of drug-likeness (QED) is 0.413. The minimum Gasteiger partial charge on any atom is -0.255 e. The summed E-state index contributed by atoms with van der Waals surface area (Å²) in [6.07, 6.45) is 3.96. The highest BCUT2D eigenvalue weighted by Gasteiger charge is 2.14. The molecule has 6 heteroatoms. The van der Waals surface area contributed by atoms with Crippen molar-refractivity contribution in [1.29, 1.82) is 0 Å². The Hall–Kier alpha value is -2.18. The molecule has 0 spiro atoms. The summed E-state index contributed by atoms with van der Waals surface area (Å²) in [6, 6.07) is 16.7. The second-order valence-electron chi connectivity index (χ2n) is 6.49. The summed E-state index contributed by atoms with van der Waals surface area (Å²) in [5.41, 5.74) is 4.38. The van der Waals surface area contributed by atoms with Gasteiger partial charge in [0.15, 0.2) is 11.6 Å². The minimum absolute atomic E-state index is 0.669. The molecule has 0 radical (unpaired) electrons. The predicted molar refractivity (Wildman–Crippen MR) is 116 cm³/mol. The van der Waals surface area contributed by atoms with Crippen LogP contribution in [0.4, 0.5) is 0 Å². The van der Waals surface area contributed by atoms with Crippen molar-refractivity contribution >= 4 is 38.6 Å². The molecule has 0 amide bonds.